The Kier molecular flexibility index (Phi) is 6.45. The molecule has 0 spiro atoms. The first-order valence-electron chi connectivity index (χ1n) is 6.23. The molecule has 1 aromatic rings. The number of carbonyl (C=O) groups excluding carboxylic acids is 2. The van der Waals surface area contributed by atoms with Crippen molar-refractivity contribution in [2.45, 2.75) is 6.92 Å². The second-order valence-electron chi connectivity index (χ2n) is 4.43. The average Bonchev–Trinajstić information content (AvgIpc) is 2.45. The molecule has 0 N–H and O–H groups in total. The number of methoxy groups -OCH3 is 1. The van der Waals surface area contributed by atoms with Gasteiger partial charge < -0.3 is 9.64 Å². The fraction of sp³-hybridized carbons (Fsp3) is 0.333. The Labute approximate surface area is 127 Å². The molecule has 0 aromatic heterocycles. The highest BCUT2D eigenvalue weighted by molar-refractivity contribution is 9.10. The van der Waals surface area contributed by atoms with Crippen LogP contribution in [0, 0.1) is 5.92 Å². The highest BCUT2D eigenvalue weighted by Crippen LogP contribution is 2.13. The van der Waals surface area contributed by atoms with Gasteiger partial charge in [-0.2, -0.15) is 0 Å². The zero-order valence-electron chi connectivity index (χ0n) is 11.6. The summed E-state index contributed by atoms with van der Waals surface area (Å²) in [5, 5.41) is 0. The summed E-state index contributed by atoms with van der Waals surface area (Å²) in [5.41, 5.74) is 0.576. The van der Waals surface area contributed by atoms with Gasteiger partial charge in [0.25, 0.3) is 5.91 Å². The highest BCUT2D eigenvalue weighted by Gasteiger charge is 2.21. The van der Waals surface area contributed by atoms with Crippen LogP contribution in [0.15, 0.2) is 41.4 Å². The Morgan fingerprint density at radius 2 is 2.00 bits per heavy atom. The van der Waals surface area contributed by atoms with Crippen LogP contribution < -0.4 is 0 Å². The van der Waals surface area contributed by atoms with E-state index in [2.05, 4.69) is 27.2 Å². The number of carbonyl (C=O) groups is 2. The van der Waals surface area contributed by atoms with Crippen LogP contribution in [0.4, 0.5) is 0 Å². The first kappa shape index (κ1) is 16.4. The molecule has 1 amide bonds. The summed E-state index contributed by atoms with van der Waals surface area (Å²) in [5.74, 6) is -0.838. The van der Waals surface area contributed by atoms with Crippen molar-refractivity contribution in [3.8, 4) is 0 Å². The predicted octanol–water partition coefficient (Wildman–Crippen LogP) is 2.89. The van der Waals surface area contributed by atoms with Crippen LogP contribution in [0.5, 0.6) is 0 Å². The Morgan fingerprint density at radius 1 is 1.40 bits per heavy atom. The van der Waals surface area contributed by atoms with Gasteiger partial charge in [-0.05, 0) is 24.3 Å². The lowest BCUT2D eigenvalue weighted by molar-refractivity contribution is -0.145. The quantitative estimate of drug-likeness (QED) is 0.591. The van der Waals surface area contributed by atoms with Crippen molar-refractivity contribution in [2.75, 3.05) is 20.2 Å². The molecule has 0 saturated heterocycles. The maximum Gasteiger partial charge on any atom is 0.310 e. The number of ether oxygens (including phenoxy) is 1. The molecule has 1 atom stereocenters. The van der Waals surface area contributed by atoms with Crippen molar-refractivity contribution < 1.29 is 14.3 Å². The second kappa shape index (κ2) is 7.85. The van der Waals surface area contributed by atoms with Gasteiger partial charge in [0.15, 0.2) is 0 Å². The van der Waals surface area contributed by atoms with E-state index in [0.29, 0.717) is 18.7 Å². The van der Waals surface area contributed by atoms with Crippen molar-refractivity contribution in [1.29, 1.82) is 0 Å². The van der Waals surface area contributed by atoms with Crippen molar-refractivity contribution in [2.24, 2.45) is 5.92 Å². The number of rotatable bonds is 6. The van der Waals surface area contributed by atoms with Gasteiger partial charge in [-0.3, -0.25) is 9.59 Å². The molecular weight excluding hydrogens is 322 g/mol. The molecule has 0 heterocycles. The summed E-state index contributed by atoms with van der Waals surface area (Å²) in [6, 6.07) is 7.10. The molecule has 0 aliphatic rings. The summed E-state index contributed by atoms with van der Waals surface area (Å²) in [6.07, 6.45) is 1.64. The standard InChI is InChI=1S/C15H18BrNO3/c1-4-9-17(10-11(2)15(19)20-3)14(18)12-5-7-13(16)8-6-12/h4-8,11H,1,9-10H2,2-3H3. The Hall–Kier alpha value is -1.62. The third kappa shape index (κ3) is 4.49. The lowest BCUT2D eigenvalue weighted by atomic mass is 10.1. The van der Waals surface area contributed by atoms with E-state index in [0.717, 1.165) is 4.47 Å². The van der Waals surface area contributed by atoms with Gasteiger partial charge in [-0.15, -0.1) is 6.58 Å². The van der Waals surface area contributed by atoms with Crippen molar-refractivity contribution in [1.82, 2.24) is 4.90 Å². The fourth-order valence-corrected chi connectivity index (χ4v) is 2.04. The van der Waals surface area contributed by atoms with E-state index in [9.17, 15) is 9.59 Å². The van der Waals surface area contributed by atoms with Crippen molar-refractivity contribution in [3.63, 3.8) is 0 Å². The smallest absolute Gasteiger partial charge is 0.310 e. The average molecular weight is 340 g/mol. The highest BCUT2D eigenvalue weighted by atomic mass is 79.9. The molecule has 1 unspecified atom stereocenters. The summed E-state index contributed by atoms with van der Waals surface area (Å²) in [7, 11) is 1.34. The van der Waals surface area contributed by atoms with Gasteiger partial charge in [-0.1, -0.05) is 28.9 Å². The number of esters is 1. The lowest BCUT2D eigenvalue weighted by Crippen LogP contribution is -2.37. The Morgan fingerprint density at radius 3 is 2.50 bits per heavy atom. The van der Waals surface area contributed by atoms with Gasteiger partial charge in [0.2, 0.25) is 0 Å². The zero-order chi connectivity index (χ0) is 15.1. The molecule has 0 aliphatic heterocycles. The van der Waals surface area contributed by atoms with Crippen LogP contribution in [0.3, 0.4) is 0 Å². The van der Waals surface area contributed by atoms with Gasteiger partial charge in [0.05, 0.1) is 13.0 Å². The zero-order valence-corrected chi connectivity index (χ0v) is 13.2. The monoisotopic (exact) mass is 339 g/mol. The molecule has 4 nitrogen and oxygen atoms in total. The molecule has 20 heavy (non-hydrogen) atoms. The minimum Gasteiger partial charge on any atom is -0.469 e. The lowest BCUT2D eigenvalue weighted by Gasteiger charge is -2.23. The molecule has 0 bridgehead atoms. The van der Waals surface area contributed by atoms with Crippen LogP contribution in [-0.4, -0.2) is 37.0 Å². The summed E-state index contributed by atoms with van der Waals surface area (Å²) < 4.78 is 5.59. The SMILES string of the molecule is C=CCN(CC(C)C(=O)OC)C(=O)c1ccc(Br)cc1. The number of benzene rings is 1. The summed E-state index contributed by atoms with van der Waals surface area (Å²) in [6.45, 7) is 6.06. The van der Waals surface area contributed by atoms with Crippen LogP contribution in [0.1, 0.15) is 17.3 Å². The Balaban J connectivity index is 2.84. The topological polar surface area (TPSA) is 46.6 Å². The maximum absolute atomic E-state index is 12.4. The van der Waals surface area contributed by atoms with Crippen LogP contribution in [0.25, 0.3) is 0 Å². The summed E-state index contributed by atoms with van der Waals surface area (Å²) in [4.78, 5) is 25.4. The molecule has 108 valence electrons. The van der Waals surface area contributed by atoms with Gasteiger partial charge >= 0.3 is 5.97 Å². The largest absolute Gasteiger partial charge is 0.469 e. The van der Waals surface area contributed by atoms with Gasteiger partial charge in [-0.25, -0.2) is 0 Å². The van der Waals surface area contributed by atoms with Crippen LogP contribution in [-0.2, 0) is 9.53 Å². The molecular formula is C15H18BrNO3. The molecule has 5 heteroatoms. The Bertz CT molecular complexity index is 484. The van der Waals surface area contributed by atoms with Crippen molar-refractivity contribution >= 4 is 27.8 Å². The van der Waals surface area contributed by atoms with E-state index in [-0.39, 0.29) is 17.8 Å². The molecule has 0 aliphatic carbocycles. The first-order chi connectivity index (χ1) is 9.49. The third-order valence-corrected chi connectivity index (χ3v) is 3.35. The fourth-order valence-electron chi connectivity index (χ4n) is 1.78. The normalized spacial score (nSPS) is 11.6. The minimum atomic E-state index is -0.376. The molecule has 1 rings (SSSR count). The van der Waals surface area contributed by atoms with E-state index >= 15 is 0 Å². The van der Waals surface area contributed by atoms with Gasteiger partial charge in [0.1, 0.15) is 0 Å². The van der Waals surface area contributed by atoms with Crippen LogP contribution >= 0.6 is 15.9 Å². The minimum absolute atomic E-state index is 0.131. The van der Waals surface area contributed by atoms with E-state index in [1.165, 1.54) is 7.11 Å². The number of amides is 1. The predicted molar refractivity (Wildman–Crippen MR) is 81.4 cm³/mol. The van der Waals surface area contributed by atoms with E-state index in [1.807, 2.05) is 12.1 Å². The summed E-state index contributed by atoms with van der Waals surface area (Å²) >= 11 is 3.33. The van der Waals surface area contributed by atoms with E-state index in [1.54, 1.807) is 30.0 Å². The maximum atomic E-state index is 12.4. The van der Waals surface area contributed by atoms with Gasteiger partial charge in [0, 0.05) is 23.1 Å². The number of hydrogen-bond acceptors (Lipinski definition) is 3. The first-order valence-corrected chi connectivity index (χ1v) is 7.02. The number of hydrogen-bond donors (Lipinski definition) is 0. The molecule has 0 fully saturated rings. The van der Waals surface area contributed by atoms with E-state index in [4.69, 9.17) is 0 Å². The van der Waals surface area contributed by atoms with E-state index < -0.39 is 0 Å². The molecule has 1 aromatic carbocycles. The molecule has 0 saturated carbocycles. The third-order valence-electron chi connectivity index (χ3n) is 2.83. The van der Waals surface area contributed by atoms with Crippen molar-refractivity contribution in [3.05, 3.63) is 47.0 Å². The molecule has 0 radical (unpaired) electrons. The number of halogens is 1. The second-order valence-corrected chi connectivity index (χ2v) is 5.35. The van der Waals surface area contributed by atoms with Crippen LogP contribution in [0.2, 0.25) is 0 Å². The number of nitrogens with zero attached hydrogens (tertiary/aromatic N) is 1.